The molecule has 0 aliphatic heterocycles. The molecule has 6 nitrogen and oxygen atoms in total. The van der Waals surface area contributed by atoms with Gasteiger partial charge in [-0.3, -0.25) is 4.79 Å². The first-order valence-electron chi connectivity index (χ1n) is 8.06. The Morgan fingerprint density at radius 3 is 2.83 bits per heavy atom. The number of ether oxygens (including phenoxy) is 1. The number of rotatable bonds is 5. The molecule has 0 bridgehead atoms. The number of carbonyl (C=O) groups is 2. The summed E-state index contributed by atoms with van der Waals surface area (Å²) in [6.07, 6.45) is 6.94. The minimum atomic E-state index is -0.459. The van der Waals surface area contributed by atoms with E-state index >= 15 is 0 Å². The zero-order valence-electron chi connectivity index (χ0n) is 13.6. The molecule has 0 aromatic carbocycles. The molecule has 3 rings (SSSR count). The van der Waals surface area contributed by atoms with Crippen molar-refractivity contribution in [2.75, 3.05) is 7.11 Å². The van der Waals surface area contributed by atoms with E-state index in [0.29, 0.717) is 12.3 Å². The third-order valence-corrected chi connectivity index (χ3v) is 5.09. The lowest BCUT2D eigenvalue weighted by Gasteiger charge is -2.33. The predicted octanol–water partition coefficient (Wildman–Crippen LogP) is 3.50. The van der Waals surface area contributed by atoms with Gasteiger partial charge >= 0.3 is 5.97 Å². The molecule has 0 atom stereocenters. The molecule has 2 heterocycles. The van der Waals surface area contributed by atoms with E-state index in [1.807, 2.05) is 4.90 Å². The van der Waals surface area contributed by atoms with Crippen LogP contribution in [0.2, 0.25) is 0 Å². The second-order valence-corrected chi connectivity index (χ2v) is 6.76. The normalized spacial score (nSPS) is 15.2. The van der Waals surface area contributed by atoms with Crippen molar-refractivity contribution in [3.05, 3.63) is 40.2 Å². The minimum absolute atomic E-state index is 0.123. The van der Waals surface area contributed by atoms with E-state index in [4.69, 9.17) is 4.42 Å². The molecular formula is C17H20N2O4S. The third-order valence-electron chi connectivity index (χ3n) is 4.26. The van der Waals surface area contributed by atoms with Crippen LogP contribution in [-0.4, -0.2) is 34.9 Å². The number of nitrogens with zero attached hydrogens (tertiary/aromatic N) is 2. The van der Waals surface area contributed by atoms with Crippen molar-refractivity contribution in [1.82, 2.24) is 9.88 Å². The average molecular weight is 348 g/mol. The molecule has 1 saturated carbocycles. The predicted molar refractivity (Wildman–Crippen MR) is 88.9 cm³/mol. The molecule has 0 radical (unpaired) electrons. The second kappa shape index (κ2) is 7.61. The van der Waals surface area contributed by atoms with Crippen molar-refractivity contribution in [2.45, 2.75) is 44.7 Å². The Labute approximate surface area is 144 Å². The van der Waals surface area contributed by atoms with Gasteiger partial charge in [-0.05, 0) is 25.0 Å². The first-order valence-corrected chi connectivity index (χ1v) is 8.94. The van der Waals surface area contributed by atoms with Crippen LogP contribution in [0.1, 0.15) is 58.2 Å². The summed E-state index contributed by atoms with van der Waals surface area (Å²) < 4.78 is 9.97. The van der Waals surface area contributed by atoms with Gasteiger partial charge in [0.25, 0.3) is 5.91 Å². The third kappa shape index (κ3) is 3.67. The first kappa shape index (κ1) is 16.7. The summed E-state index contributed by atoms with van der Waals surface area (Å²) in [4.78, 5) is 30.5. The summed E-state index contributed by atoms with van der Waals surface area (Å²) in [5.41, 5.74) is 0.284. The summed E-state index contributed by atoms with van der Waals surface area (Å²) in [7, 11) is 1.33. The van der Waals surface area contributed by atoms with Crippen molar-refractivity contribution in [1.29, 1.82) is 0 Å². The molecule has 7 heteroatoms. The number of thiazole rings is 1. The van der Waals surface area contributed by atoms with Gasteiger partial charge in [0, 0.05) is 11.4 Å². The van der Waals surface area contributed by atoms with Crippen LogP contribution in [0.25, 0.3) is 0 Å². The summed E-state index contributed by atoms with van der Waals surface area (Å²) >= 11 is 1.36. The molecule has 0 saturated heterocycles. The SMILES string of the molecule is COC(=O)c1csc(CN(C(=O)c2ccco2)C2CCCCC2)n1. The van der Waals surface area contributed by atoms with Gasteiger partial charge in [0.15, 0.2) is 11.5 Å². The van der Waals surface area contributed by atoms with Gasteiger partial charge in [0.1, 0.15) is 5.01 Å². The van der Waals surface area contributed by atoms with Crippen LogP contribution in [0.15, 0.2) is 28.2 Å². The lowest BCUT2D eigenvalue weighted by Crippen LogP contribution is -2.40. The summed E-state index contributed by atoms with van der Waals surface area (Å²) in [5, 5.41) is 2.39. The molecule has 24 heavy (non-hydrogen) atoms. The second-order valence-electron chi connectivity index (χ2n) is 5.82. The Morgan fingerprint density at radius 1 is 1.38 bits per heavy atom. The highest BCUT2D eigenvalue weighted by atomic mass is 32.1. The molecule has 0 unspecified atom stereocenters. The number of hydrogen-bond acceptors (Lipinski definition) is 6. The number of aromatic nitrogens is 1. The van der Waals surface area contributed by atoms with Crippen molar-refractivity contribution in [2.24, 2.45) is 0 Å². The Balaban J connectivity index is 1.80. The molecule has 1 aliphatic carbocycles. The minimum Gasteiger partial charge on any atom is -0.464 e. The summed E-state index contributed by atoms with van der Waals surface area (Å²) in [6, 6.07) is 3.58. The number of amides is 1. The summed E-state index contributed by atoms with van der Waals surface area (Å²) in [6.45, 7) is 0.381. The average Bonchev–Trinajstić information content (AvgIpc) is 3.31. The van der Waals surface area contributed by atoms with Gasteiger partial charge < -0.3 is 14.1 Å². The quantitative estimate of drug-likeness (QED) is 0.773. The number of furan rings is 1. The fourth-order valence-electron chi connectivity index (χ4n) is 3.03. The highest BCUT2D eigenvalue weighted by Gasteiger charge is 2.29. The maximum absolute atomic E-state index is 12.8. The molecule has 2 aromatic rings. The van der Waals surface area contributed by atoms with Crippen LogP contribution in [0.4, 0.5) is 0 Å². The molecule has 1 fully saturated rings. The number of methoxy groups -OCH3 is 1. The maximum atomic E-state index is 12.8. The van der Waals surface area contributed by atoms with E-state index in [1.165, 1.54) is 31.1 Å². The molecule has 0 N–H and O–H groups in total. The van der Waals surface area contributed by atoms with Gasteiger partial charge in [-0.25, -0.2) is 9.78 Å². The Hall–Kier alpha value is -2.15. The lowest BCUT2D eigenvalue weighted by molar-refractivity contribution is 0.0581. The standard InChI is InChI=1S/C17H20N2O4S/c1-22-17(21)13-11-24-15(18-13)10-19(12-6-3-2-4-7-12)16(20)14-8-5-9-23-14/h5,8-9,11-12H,2-4,6-7,10H2,1H3. The van der Waals surface area contributed by atoms with E-state index in [2.05, 4.69) is 9.72 Å². The van der Waals surface area contributed by atoms with E-state index in [-0.39, 0.29) is 17.6 Å². The van der Waals surface area contributed by atoms with E-state index in [0.717, 1.165) is 30.7 Å². The number of carbonyl (C=O) groups excluding carboxylic acids is 2. The monoisotopic (exact) mass is 348 g/mol. The zero-order chi connectivity index (χ0) is 16.9. The first-order chi connectivity index (χ1) is 11.7. The van der Waals surface area contributed by atoms with Crippen LogP contribution in [0.5, 0.6) is 0 Å². The summed E-state index contributed by atoms with van der Waals surface area (Å²) in [5.74, 6) is -0.244. The van der Waals surface area contributed by atoms with Gasteiger partial charge in [-0.1, -0.05) is 19.3 Å². The van der Waals surface area contributed by atoms with Crippen molar-refractivity contribution >= 4 is 23.2 Å². The van der Waals surface area contributed by atoms with E-state index in [1.54, 1.807) is 17.5 Å². The van der Waals surface area contributed by atoms with Gasteiger partial charge in [0.2, 0.25) is 0 Å². The lowest BCUT2D eigenvalue weighted by atomic mass is 9.94. The highest BCUT2D eigenvalue weighted by molar-refractivity contribution is 7.09. The molecular weight excluding hydrogens is 328 g/mol. The van der Waals surface area contributed by atoms with Crippen molar-refractivity contribution in [3.63, 3.8) is 0 Å². The molecule has 1 aliphatic rings. The Morgan fingerprint density at radius 2 is 2.17 bits per heavy atom. The van der Waals surface area contributed by atoms with Crippen LogP contribution >= 0.6 is 11.3 Å². The van der Waals surface area contributed by atoms with Crippen molar-refractivity contribution in [3.8, 4) is 0 Å². The van der Waals surface area contributed by atoms with Gasteiger partial charge in [-0.2, -0.15) is 0 Å². The molecule has 1 amide bonds. The highest BCUT2D eigenvalue weighted by Crippen LogP contribution is 2.26. The van der Waals surface area contributed by atoms with E-state index < -0.39 is 5.97 Å². The fourth-order valence-corrected chi connectivity index (χ4v) is 3.79. The topological polar surface area (TPSA) is 72.6 Å². The number of esters is 1. The smallest absolute Gasteiger partial charge is 0.357 e. The largest absolute Gasteiger partial charge is 0.464 e. The molecule has 0 spiro atoms. The zero-order valence-corrected chi connectivity index (χ0v) is 14.4. The van der Waals surface area contributed by atoms with Crippen LogP contribution in [0.3, 0.4) is 0 Å². The fraction of sp³-hybridized carbons (Fsp3) is 0.471. The maximum Gasteiger partial charge on any atom is 0.357 e. The Bertz CT molecular complexity index is 689. The molecule has 128 valence electrons. The van der Waals surface area contributed by atoms with Crippen molar-refractivity contribution < 1.29 is 18.7 Å². The Kier molecular flexibility index (Phi) is 5.30. The van der Waals surface area contributed by atoms with Crippen LogP contribution in [0, 0.1) is 0 Å². The number of hydrogen-bond donors (Lipinski definition) is 0. The van der Waals surface area contributed by atoms with E-state index in [9.17, 15) is 9.59 Å². The van der Waals surface area contributed by atoms with Gasteiger partial charge in [0.05, 0.1) is 19.9 Å². The van der Waals surface area contributed by atoms with Crippen LogP contribution < -0.4 is 0 Å². The van der Waals surface area contributed by atoms with Gasteiger partial charge in [-0.15, -0.1) is 11.3 Å². The molecule has 2 aromatic heterocycles. The van der Waals surface area contributed by atoms with Crippen LogP contribution in [-0.2, 0) is 11.3 Å².